The molecule has 0 saturated carbocycles. The van der Waals surface area contributed by atoms with Crippen LogP contribution in [0.3, 0.4) is 0 Å². The number of aromatic nitrogens is 1. The highest BCUT2D eigenvalue weighted by atomic mass is 16.1. The largest absolute Gasteiger partial charge is 0.297 e. The zero-order valence-corrected chi connectivity index (χ0v) is 15.4. The number of hydrogen-bond acceptors (Lipinski definition) is 3. The highest BCUT2D eigenvalue weighted by Crippen LogP contribution is 2.24. The van der Waals surface area contributed by atoms with Gasteiger partial charge in [0.15, 0.2) is 5.78 Å². The van der Waals surface area contributed by atoms with E-state index in [0.29, 0.717) is 0 Å². The van der Waals surface area contributed by atoms with E-state index in [1.807, 2.05) is 54.7 Å². The smallest absolute Gasteiger partial charge is 0.167 e. The summed E-state index contributed by atoms with van der Waals surface area (Å²) >= 11 is 0. The second-order valence-corrected chi connectivity index (χ2v) is 7.20. The van der Waals surface area contributed by atoms with E-state index in [9.17, 15) is 4.79 Å². The molecule has 27 heavy (non-hydrogen) atoms. The van der Waals surface area contributed by atoms with Gasteiger partial charge in [0.2, 0.25) is 0 Å². The molecule has 4 rings (SSSR count). The summed E-state index contributed by atoms with van der Waals surface area (Å²) in [5, 5.41) is 0. The molecule has 1 aromatic heterocycles. The van der Waals surface area contributed by atoms with Crippen LogP contribution < -0.4 is 0 Å². The van der Waals surface area contributed by atoms with E-state index in [2.05, 4.69) is 34.1 Å². The third-order valence-corrected chi connectivity index (χ3v) is 5.26. The Labute approximate surface area is 160 Å². The Morgan fingerprint density at radius 1 is 0.926 bits per heavy atom. The second kappa shape index (κ2) is 8.28. The van der Waals surface area contributed by atoms with E-state index in [4.69, 9.17) is 0 Å². The lowest BCUT2D eigenvalue weighted by Crippen LogP contribution is -2.38. The number of pyridine rings is 1. The molecule has 0 aliphatic carbocycles. The van der Waals surface area contributed by atoms with Gasteiger partial charge in [-0.25, -0.2) is 0 Å². The summed E-state index contributed by atoms with van der Waals surface area (Å²) in [4.78, 5) is 19.8. The number of carbonyl (C=O) groups excluding carboxylic acids is 1. The minimum Gasteiger partial charge on any atom is -0.297 e. The molecule has 1 aliphatic heterocycles. The van der Waals surface area contributed by atoms with Gasteiger partial charge in [-0.1, -0.05) is 60.7 Å². The molecule has 2 aromatic carbocycles. The van der Waals surface area contributed by atoms with Crippen LogP contribution in [0, 0.1) is 5.92 Å². The monoisotopic (exact) mass is 356 g/mol. The number of piperidine rings is 1. The summed E-state index contributed by atoms with van der Waals surface area (Å²) in [6.45, 7) is 2.67. The standard InChI is InChI=1S/C24H24N2O/c27-24(21-13-11-20(12-14-21)19-7-2-1-3-8-19)22-9-6-16-26(17-22)18-23-10-4-5-15-25-23/h1-5,7-8,10-15,22H,6,9,16-18H2. The first kappa shape index (κ1) is 17.6. The van der Waals surface area contributed by atoms with E-state index >= 15 is 0 Å². The van der Waals surface area contributed by atoms with Gasteiger partial charge in [0.05, 0.1) is 5.69 Å². The van der Waals surface area contributed by atoms with E-state index in [1.165, 1.54) is 5.56 Å². The summed E-state index contributed by atoms with van der Waals surface area (Å²) < 4.78 is 0. The molecule has 1 fully saturated rings. The number of ketones is 1. The Morgan fingerprint density at radius 3 is 2.41 bits per heavy atom. The molecule has 3 heteroatoms. The topological polar surface area (TPSA) is 33.2 Å². The summed E-state index contributed by atoms with van der Waals surface area (Å²) in [5.41, 5.74) is 4.21. The first-order valence-corrected chi connectivity index (χ1v) is 9.61. The molecule has 0 spiro atoms. The van der Waals surface area contributed by atoms with Gasteiger partial charge >= 0.3 is 0 Å². The fourth-order valence-electron chi connectivity index (χ4n) is 3.83. The Bertz CT molecular complexity index is 875. The van der Waals surface area contributed by atoms with E-state index in [0.717, 1.165) is 49.3 Å². The first-order chi connectivity index (χ1) is 13.3. The zero-order valence-electron chi connectivity index (χ0n) is 15.4. The van der Waals surface area contributed by atoms with Crippen LogP contribution in [0.15, 0.2) is 79.0 Å². The Hall–Kier alpha value is -2.78. The maximum atomic E-state index is 13.0. The van der Waals surface area contributed by atoms with Crippen molar-refractivity contribution < 1.29 is 4.79 Å². The van der Waals surface area contributed by atoms with Gasteiger partial charge in [-0.05, 0) is 42.6 Å². The van der Waals surface area contributed by atoms with Gasteiger partial charge in [0, 0.05) is 30.8 Å². The molecule has 0 radical (unpaired) electrons. The SMILES string of the molecule is O=C(c1ccc(-c2ccccc2)cc1)C1CCCN(Cc2ccccn2)C1. The van der Waals surface area contributed by atoms with Crippen molar-refractivity contribution in [3.63, 3.8) is 0 Å². The summed E-state index contributed by atoms with van der Waals surface area (Å²) in [7, 11) is 0. The van der Waals surface area contributed by atoms with Crippen molar-refractivity contribution in [2.75, 3.05) is 13.1 Å². The van der Waals surface area contributed by atoms with Crippen LogP contribution in [0.2, 0.25) is 0 Å². The molecule has 2 heterocycles. The van der Waals surface area contributed by atoms with Crippen LogP contribution in [0.1, 0.15) is 28.9 Å². The average Bonchev–Trinajstić information content (AvgIpc) is 2.75. The quantitative estimate of drug-likeness (QED) is 0.613. The minimum absolute atomic E-state index is 0.0741. The molecule has 136 valence electrons. The third kappa shape index (κ3) is 4.32. The van der Waals surface area contributed by atoms with Gasteiger partial charge < -0.3 is 0 Å². The third-order valence-electron chi connectivity index (χ3n) is 5.26. The van der Waals surface area contributed by atoms with Crippen LogP contribution in [-0.4, -0.2) is 28.8 Å². The van der Waals surface area contributed by atoms with Crippen molar-refractivity contribution in [2.24, 2.45) is 5.92 Å². The predicted molar refractivity (Wildman–Crippen MR) is 108 cm³/mol. The normalized spacial score (nSPS) is 17.6. The maximum absolute atomic E-state index is 13.0. The molecule has 3 aromatic rings. The maximum Gasteiger partial charge on any atom is 0.167 e. The molecular formula is C24H24N2O. The summed E-state index contributed by atoms with van der Waals surface area (Å²) in [5.74, 6) is 0.338. The number of carbonyl (C=O) groups is 1. The lowest BCUT2D eigenvalue weighted by atomic mass is 9.89. The molecule has 0 bridgehead atoms. The average molecular weight is 356 g/mol. The predicted octanol–water partition coefficient (Wildman–Crippen LogP) is 4.84. The zero-order chi connectivity index (χ0) is 18.5. The van der Waals surface area contributed by atoms with Crippen LogP contribution in [-0.2, 0) is 6.54 Å². The van der Waals surface area contributed by atoms with Gasteiger partial charge in [0.25, 0.3) is 0 Å². The molecule has 1 unspecified atom stereocenters. The molecule has 0 amide bonds. The number of hydrogen-bond donors (Lipinski definition) is 0. The number of benzene rings is 2. The Kier molecular flexibility index (Phi) is 5.40. The summed E-state index contributed by atoms with van der Waals surface area (Å²) in [6, 6.07) is 24.3. The molecule has 0 N–H and O–H groups in total. The number of Topliss-reactive ketones (excluding diaryl/α,β-unsaturated/α-hetero) is 1. The lowest BCUT2D eigenvalue weighted by molar-refractivity contribution is 0.0810. The highest BCUT2D eigenvalue weighted by Gasteiger charge is 2.26. The second-order valence-electron chi connectivity index (χ2n) is 7.20. The molecule has 1 saturated heterocycles. The number of likely N-dealkylation sites (tertiary alicyclic amines) is 1. The van der Waals surface area contributed by atoms with Gasteiger partial charge in [0.1, 0.15) is 0 Å². The molecule has 1 atom stereocenters. The van der Waals surface area contributed by atoms with Crippen molar-refractivity contribution in [2.45, 2.75) is 19.4 Å². The fourth-order valence-corrected chi connectivity index (χ4v) is 3.83. The van der Waals surface area contributed by atoms with Crippen LogP contribution in [0.4, 0.5) is 0 Å². The Morgan fingerprint density at radius 2 is 1.67 bits per heavy atom. The van der Waals surface area contributed by atoms with Crippen molar-refractivity contribution >= 4 is 5.78 Å². The van der Waals surface area contributed by atoms with E-state index in [-0.39, 0.29) is 11.7 Å². The van der Waals surface area contributed by atoms with Gasteiger partial charge in [-0.3, -0.25) is 14.7 Å². The van der Waals surface area contributed by atoms with Crippen LogP contribution >= 0.6 is 0 Å². The van der Waals surface area contributed by atoms with Gasteiger partial charge in [-0.2, -0.15) is 0 Å². The van der Waals surface area contributed by atoms with Crippen molar-refractivity contribution in [1.82, 2.24) is 9.88 Å². The van der Waals surface area contributed by atoms with Crippen molar-refractivity contribution in [3.8, 4) is 11.1 Å². The molecule has 3 nitrogen and oxygen atoms in total. The van der Waals surface area contributed by atoms with Gasteiger partial charge in [-0.15, -0.1) is 0 Å². The molecular weight excluding hydrogens is 332 g/mol. The number of rotatable bonds is 5. The van der Waals surface area contributed by atoms with Crippen LogP contribution in [0.25, 0.3) is 11.1 Å². The van der Waals surface area contributed by atoms with Crippen molar-refractivity contribution in [3.05, 3.63) is 90.3 Å². The lowest BCUT2D eigenvalue weighted by Gasteiger charge is -2.31. The fraction of sp³-hybridized carbons (Fsp3) is 0.250. The Balaban J connectivity index is 1.42. The minimum atomic E-state index is 0.0741. The summed E-state index contributed by atoms with van der Waals surface area (Å²) in [6.07, 6.45) is 3.86. The molecule has 1 aliphatic rings. The number of nitrogens with zero attached hydrogens (tertiary/aromatic N) is 2. The first-order valence-electron chi connectivity index (χ1n) is 9.61. The van der Waals surface area contributed by atoms with E-state index in [1.54, 1.807) is 0 Å². The van der Waals surface area contributed by atoms with E-state index < -0.39 is 0 Å². The highest BCUT2D eigenvalue weighted by molar-refractivity contribution is 5.98. The van der Waals surface area contributed by atoms with Crippen LogP contribution in [0.5, 0.6) is 0 Å². The van der Waals surface area contributed by atoms with Crippen molar-refractivity contribution in [1.29, 1.82) is 0 Å².